The maximum Gasteiger partial charge on any atom is 0.150 e. The second kappa shape index (κ2) is 4.57. The minimum absolute atomic E-state index is 0.639. The van der Waals surface area contributed by atoms with Crippen LogP contribution >= 0.6 is 0 Å². The van der Waals surface area contributed by atoms with E-state index in [0.717, 1.165) is 23.2 Å². The monoisotopic (exact) mass is 213 g/mol. The molecule has 1 aromatic heterocycles. The number of pyridine rings is 1. The molecule has 0 bridgehead atoms. The Labute approximate surface area is 93.7 Å². The van der Waals surface area contributed by atoms with Crippen molar-refractivity contribution in [1.82, 2.24) is 4.98 Å². The summed E-state index contributed by atoms with van der Waals surface area (Å²) < 4.78 is 5.08. The fourth-order valence-corrected chi connectivity index (χ4v) is 1.52. The van der Waals surface area contributed by atoms with Crippen molar-refractivity contribution < 1.29 is 9.53 Å². The molecule has 0 spiro atoms. The highest BCUT2D eigenvalue weighted by molar-refractivity contribution is 5.87. The van der Waals surface area contributed by atoms with Crippen LogP contribution in [0.4, 0.5) is 0 Å². The third-order valence-corrected chi connectivity index (χ3v) is 2.38. The van der Waals surface area contributed by atoms with E-state index in [2.05, 4.69) is 4.98 Å². The summed E-state index contributed by atoms with van der Waals surface area (Å²) in [6.45, 7) is 0. The number of ether oxygens (including phenoxy) is 1. The summed E-state index contributed by atoms with van der Waals surface area (Å²) >= 11 is 0. The molecule has 2 rings (SSSR count). The number of hydrogen-bond donors (Lipinski definition) is 0. The molecular weight excluding hydrogens is 202 g/mol. The predicted molar refractivity (Wildman–Crippen MR) is 61.6 cm³/mol. The van der Waals surface area contributed by atoms with E-state index in [-0.39, 0.29) is 0 Å². The number of rotatable bonds is 3. The number of methoxy groups -OCH3 is 1. The Morgan fingerprint density at radius 2 is 1.94 bits per heavy atom. The highest BCUT2D eigenvalue weighted by Crippen LogP contribution is 2.23. The highest BCUT2D eigenvalue weighted by atomic mass is 16.5. The molecule has 80 valence electrons. The van der Waals surface area contributed by atoms with Crippen LogP contribution in [0.2, 0.25) is 0 Å². The molecular formula is C13H11NO2. The Morgan fingerprint density at radius 3 is 2.56 bits per heavy atom. The van der Waals surface area contributed by atoms with Crippen molar-refractivity contribution in [2.24, 2.45) is 0 Å². The maximum absolute atomic E-state index is 10.9. The van der Waals surface area contributed by atoms with Gasteiger partial charge in [0.15, 0.2) is 6.29 Å². The molecule has 1 aromatic carbocycles. The molecule has 0 aliphatic heterocycles. The molecule has 3 heteroatoms. The lowest BCUT2D eigenvalue weighted by Crippen LogP contribution is -1.89. The number of carbonyl (C=O) groups is 1. The van der Waals surface area contributed by atoms with E-state index >= 15 is 0 Å². The number of nitrogens with zero attached hydrogens (tertiary/aromatic N) is 1. The summed E-state index contributed by atoms with van der Waals surface area (Å²) in [4.78, 5) is 14.9. The minimum atomic E-state index is 0.639. The van der Waals surface area contributed by atoms with E-state index in [1.165, 1.54) is 0 Å². The van der Waals surface area contributed by atoms with Gasteiger partial charge in [-0.25, -0.2) is 0 Å². The van der Waals surface area contributed by atoms with E-state index in [1.807, 2.05) is 24.3 Å². The van der Waals surface area contributed by atoms with Crippen molar-refractivity contribution in [2.75, 3.05) is 7.11 Å². The van der Waals surface area contributed by atoms with Gasteiger partial charge in [-0.3, -0.25) is 9.78 Å². The molecule has 1 heterocycles. The third-order valence-electron chi connectivity index (χ3n) is 2.38. The van der Waals surface area contributed by atoms with Crippen molar-refractivity contribution in [1.29, 1.82) is 0 Å². The molecule has 3 nitrogen and oxygen atoms in total. The van der Waals surface area contributed by atoms with Crippen molar-refractivity contribution in [3.05, 3.63) is 48.3 Å². The average molecular weight is 213 g/mol. The minimum Gasteiger partial charge on any atom is -0.497 e. The first-order chi connectivity index (χ1) is 7.85. The van der Waals surface area contributed by atoms with Crippen LogP contribution in [-0.4, -0.2) is 18.4 Å². The van der Waals surface area contributed by atoms with Crippen LogP contribution in [-0.2, 0) is 0 Å². The van der Waals surface area contributed by atoms with E-state index in [9.17, 15) is 4.79 Å². The molecule has 0 N–H and O–H groups in total. The summed E-state index contributed by atoms with van der Waals surface area (Å²) in [7, 11) is 1.62. The van der Waals surface area contributed by atoms with Crippen LogP contribution < -0.4 is 4.74 Å². The number of benzene rings is 1. The third kappa shape index (κ3) is 1.93. The van der Waals surface area contributed by atoms with Crippen LogP contribution in [0.5, 0.6) is 5.75 Å². The summed E-state index contributed by atoms with van der Waals surface area (Å²) in [6, 6.07) is 9.23. The summed E-state index contributed by atoms with van der Waals surface area (Å²) in [5.41, 5.74) is 2.43. The second-order valence-corrected chi connectivity index (χ2v) is 3.31. The SMILES string of the molecule is COc1ccc(-c2cnccc2C=O)cc1. The quantitative estimate of drug-likeness (QED) is 0.735. The van der Waals surface area contributed by atoms with Crippen LogP contribution in [0.3, 0.4) is 0 Å². The van der Waals surface area contributed by atoms with Crippen molar-refractivity contribution in [2.45, 2.75) is 0 Å². The van der Waals surface area contributed by atoms with Gasteiger partial charge in [-0.15, -0.1) is 0 Å². The lowest BCUT2D eigenvalue weighted by molar-refractivity contribution is 0.112. The van der Waals surface area contributed by atoms with Gasteiger partial charge < -0.3 is 4.74 Å². The maximum atomic E-state index is 10.9. The van der Waals surface area contributed by atoms with Crippen LogP contribution in [0.25, 0.3) is 11.1 Å². The molecule has 0 aliphatic rings. The summed E-state index contributed by atoms with van der Waals surface area (Å²) in [5, 5.41) is 0. The van der Waals surface area contributed by atoms with Gasteiger partial charge in [0.25, 0.3) is 0 Å². The van der Waals surface area contributed by atoms with Gasteiger partial charge >= 0.3 is 0 Å². The topological polar surface area (TPSA) is 39.2 Å². The van der Waals surface area contributed by atoms with Gasteiger partial charge in [-0.1, -0.05) is 12.1 Å². The average Bonchev–Trinajstić information content (AvgIpc) is 2.39. The number of aromatic nitrogens is 1. The fraction of sp³-hybridized carbons (Fsp3) is 0.0769. The van der Waals surface area contributed by atoms with Crippen LogP contribution in [0.1, 0.15) is 10.4 Å². The van der Waals surface area contributed by atoms with Gasteiger partial charge in [0.1, 0.15) is 5.75 Å². The van der Waals surface area contributed by atoms with Gasteiger partial charge in [0.2, 0.25) is 0 Å². The lowest BCUT2D eigenvalue weighted by atomic mass is 10.0. The molecule has 0 radical (unpaired) electrons. The van der Waals surface area contributed by atoms with Gasteiger partial charge in [-0.05, 0) is 23.8 Å². The molecule has 0 aliphatic carbocycles. The van der Waals surface area contributed by atoms with E-state index < -0.39 is 0 Å². The molecule has 0 amide bonds. The largest absolute Gasteiger partial charge is 0.497 e. The fourth-order valence-electron chi connectivity index (χ4n) is 1.52. The van der Waals surface area contributed by atoms with E-state index in [1.54, 1.807) is 25.6 Å². The Hall–Kier alpha value is -2.16. The Kier molecular flexibility index (Phi) is 2.96. The smallest absolute Gasteiger partial charge is 0.150 e. The zero-order valence-electron chi connectivity index (χ0n) is 8.88. The summed E-state index contributed by atoms with van der Waals surface area (Å²) in [5.74, 6) is 0.792. The first-order valence-electron chi connectivity index (χ1n) is 4.89. The molecule has 0 saturated carbocycles. The van der Waals surface area contributed by atoms with Gasteiger partial charge in [0, 0.05) is 23.5 Å². The van der Waals surface area contributed by atoms with Crippen molar-refractivity contribution in [3.8, 4) is 16.9 Å². The van der Waals surface area contributed by atoms with E-state index in [4.69, 9.17) is 4.74 Å². The summed E-state index contributed by atoms with van der Waals surface area (Å²) in [6.07, 6.45) is 4.13. The number of aldehydes is 1. The first-order valence-corrected chi connectivity index (χ1v) is 4.89. The van der Waals surface area contributed by atoms with Crippen molar-refractivity contribution in [3.63, 3.8) is 0 Å². The normalized spacial score (nSPS) is 9.81. The molecule has 2 aromatic rings. The standard InChI is InChI=1S/C13H11NO2/c1-16-12-4-2-10(3-5-12)13-8-14-7-6-11(13)9-15/h2-9H,1H3. The van der Waals surface area contributed by atoms with Gasteiger partial charge in [-0.2, -0.15) is 0 Å². The Balaban J connectivity index is 2.46. The Bertz CT molecular complexity index is 492. The van der Waals surface area contributed by atoms with Gasteiger partial charge in [0.05, 0.1) is 7.11 Å². The number of carbonyl (C=O) groups excluding carboxylic acids is 1. The van der Waals surface area contributed by atoms with Crippen LogP contribution in [0, 0.1) is 0 Å². The van der Waals surface area contributed by atoms with Crippen LogP contribution in [0.15, 0.2) is 42.7 Å². The zero-order chi connectivity index (χ0) is 11.4. The Morgan fingerprint density at radius 1 is 1.19 bits per heavy atom. The zero-order valence-corrected chi connectivity index (χ0v) is 8.88. The van der Waals surface area contributed by atoms with E-state index in [0.29, 0.717) is 5.56 Å². The number of hydrogen-bond acceptors (Lipinski definition) is 3. The van der Waals surface area contributed by atoms with Crippen molar-refractivity contribution >= 4 is 6.29 Å². The second-order valence-electron chi connectivity index (χ2n) is 3.31. The molecule has 16 heavy (non-hydrogen) atoms. The molecule has 0 saturated heterocycles. The molecule has 0 atom stereocenters. The highest BCUT2D eigenvalue weighted by Gasteiger charge is 2.03. The molecule has 0 fully saturated rings. The predicted octanol–water partition coefficient (Wildman–Crippen LogP) is 2.57. The first kappa shape index (κ1) is 10.4. The molecule has 0 unspecified atom stereocenters. The lowest BCUT2D eigenvalue weighted by Gasteiger charge is -2.05.